The van der Waals surface area contributed by atoms with E-state index in [2.05, 4.69) is 20.8 Å². The van der Waals surface area contributed by atoms with Gasteiger partial charge in [-0.05, 0) is 31.4 Å². The molecule has 3 nitrogen and oxygen atoms in total. The van der Waals surface area contributed by atoms with E-state index in [0.29, 0.717) is 6.54 Å². The fourth-order valence-corrected chi connectivity index (χ4v) is 3.02. The van der Waals surface area contributed by atoms with Crippen molar-refractivity contribution in [2.75, 3.05) is 13.2 Å². The Morgan fingerprint density at radius 3 is 2.44 bits per heavy atom. The van der Waals surface area contributed by atoms with Gasteiger partial charge in [-0.1, -0.05) is 20.8 Å². The second kappa shape index (κ2) is 7.54. The first-order valence-electron chi connectivity index (χ1n) is 6.68. The Hall–Kier alpha value is -0.870. The molecule has 4 heteroatoms. The summed E-state index contributed by atoms with van der Waals surface area (Å²) < 4.78 is 0. The molecule has 0 aliphatic rings. The van der Waals surface area contributed by atoms with Crippen LogP contribution in [0.5, 0.6) is 0 Å². The van der Waals surface area contributed by atoms with E-state index in [1.165, 1.54) is 4.88 Å². The van der Waals surface area contributed by atoms with Gasteiger partial charge < -0.3 is 10.0 Å². The van der Waals surface area contributed by atoms with Gasteiger partial charge in [0.2, 0.25) is 0 Å². The second-order valence-corrected chi connectivity index (χ2v) is 5.48. The SMILES string of the molecule is CCc1ccc(C(=O)N(CCO)C(CC)CC)s1. The van der Waals surface area contributed by atoms with E-state index in [9.17, 15) is 4.79 Å². The summed E-state index contributed by atoms with van der Waals surface area (Å²) in [6.45, 7) is 6.70. The van der Waals surface area contributed by atoms with Crippen LogP contribution in [0, 0.1) is 0 Å². The maximum absolute atomic E-state index is 12.4. The topological polar surface area (TPSA) is 40.5 Å². The number of aryl methyl sites for hydroxylation is 1. The van der Waals surface area contributed by atoms with Gasteiger partial charge in [-0.25, -0.2) is 0 Å². The molecule has 0 saturated heterocycles. The lowest BCUT2D eigenvalue weighted by Gasteiger charge is -2.29. The quantitative estimate of drug-likeness (QED) is 0.827. The summed E-state index contributed by atoms with van der Waals surface area (Å²) in [5.41, 5.74) is 0. The van der Waals surface area contributed by atoms with Gasteiger partial charge in [0.15, 0.2) is 0 Å². The third-order valence-corrected chi connectivity index (χ3v) is 4.42. The standard InChI is InChI=1S/C14H23NO2S/c1-4-11(5-2)15(9-10-16)14(17)13-8-7-12(6-3)18-13/h7-8,11,16H,4-6,9-10H2,1-3H3. The molecule has 1 heterocycles. The number of thiophene rings is 1. The van der Waals surface area contributed by atoms with E-state index in [0.717, 1.165) is 24.1 Å². The molecule has 0 atom stereocenters. The van der Waals surface area contributed by atoms with E-state index in [1.807, 2.05) is 17.0 Å². The second-order valence-electron chi connectivity index (χ2n) is 4.31. The maximum Gasteiger partial charge on any atom is 0.264 e. The van der Waals surface area contributed by atoms with Gasteiger partial charge >= 0.3 is 0 Å². The Kier molecular flexibility index (Phi) is 6.36. The zero-order valence-electron chi connectivity index (χ0n) is 11.5. The van der Waals surface area contributed by atoms with Gasteiger partial charge in [0.1, 0.15) is 0 Å². The van der Waals surface area contributed by atoms with Crippen LogP contribution in [0.3, 0.4) is 0 Å². The van der Waals surface area contributed by atoms with Crippen LogP contribution in [-0.4, -0.2) is 35.1 Å². The normalized spacial score (nSPS) is 10.9. The zero-order valence-corrected chi connectivity index (χ0v) is 12.3. The molecule has 0 unspecified atom stereocenters. The zero-order chi connectivity index (χ0) is 13.5. The number of carbonyl (C=O) groups excluding carboxylic acids is 1. The van der Waals surface area contributed by atoms with Crippen molar-refractivity contribution in [2.24, 2.45) is 0 Å². The molecule has 1 amide bonds. The Bertz CT molecular complexity index is 372. The van der Waals surface area contributed by atoms with Gasteiger partial charge in [-0.2, -0.15) is 0 Å². The molecular formula is C14H23NO2S. The number of aliphatic hydroxyl groups is 1. The fourth-order valence-electron chi connectivity index (χ4n) is 2.11. The first kappa shape index (κ1) is 15.2. The molecule has 0 aliphatic carbocycles. The van der Waals surface area contributed by atoms with Gasteiger partial charge in [0.25, 0.3) is 5.91 Å². The molecule has 1 aromatic rings. The van der Waals surface area contributed by atoms with Crippen LogP contribution in [0.2, 0.25) is 0 Å². The smallest absolute Gasteiger partial charge is 0.264 e. The third-order valence-electron chi connectivity index (χ3n) is 3.21. The summed E-state index contributed by atoms with van der Waals surface area (Å²) in [6, 6.07) is 4.14. The number of hydrogen-bond donors (Lipinski definition) is 1. The molecule has 0 saturated carbocycles. The monoisotopic (exact) mass is 269 g/mol. The van der Waals surface area contributed by atoms with Gasteiger partial charge in [-0.15, -0.1) is 11.3 Å². The van der Waals surface area contributed by atoms with Gasteiger partial charge in [-0.3, -0.25) is 4.79 Å². The molecule has 102 valence electrons. The lowest BCUT2D eigenvalue weighted by atomic mass is 10.1. The lowest BCUT2D eigenvalue weighted by molar-refractivity contribution is 0.0627. The van der Waals surface area contributed by atoms with Crippen LogP contribution < -0.4 is 0 Å². The maximum atomic E-state index is 12.4. The summed E-state index contributed by atoms with van der Waals surface area (Å²) in [4.78, 5) is 16.3. The number of carbonyl (C=O) groups is 1. The van der Waals surface area contributed by atoms with Crippen molar-refractivity contribution in [1.82, 2.24) is 4.90 Å². The van der Waals surface area contributed by atoms with Crippen molar-refractivity contribution in [1.29, 1.82) is 0 Å². The van der Waals surface area contributed by atoms with E-state index in [-0.39, 0.29) is 18.6 Å². The Balaban J connectivity index is 2.87. The predicted octanol–water partition coefficient (Wildman–Crippen LogP) is 2.93. The third kappa shape index (κ3) is 3.56. The number of rotatable bonds is 7. The molecule has 0 aromatic carbocycles. The molecule has 0 radical (unpaired) electrons. The minimum absolute atomic E-state index is 0.0221. The summed E-state index contributed by atoms with van der Waals surface area (Å²) in [5, 5.41) is 9.13. The number of hydrogen-bond acceptors (Lipinski definition) is 3. The highest BCUT2D eigenvalue weighted by molar-refractivity contribution is 7.14. The molecular weight excluding hydrogens is 246 g/mol. The van der Waals surface area contributed by atoms with Crippen molar-refractivity contribution in [3.05, 3.63) is 21.9 Å². The highest BCUT2D eigenvalue weighted by Gasteiger charge is 2.22. The number of amides is 1. The Morgan fingerprint density at radius 1 is 1.33 bits per heavy atom. The first-order valence-corrected chi connectivity index (χ1v) is 7.50. The molecule has 1 rings (SSSR count). The number of aliphatic hydroxyl groups excluding tert-OH is 1. The minimum Gasteiger partial charge on any atom is -0.395 e. The summed E-state index contributed by atoms with van der Waals surface area (Å²) in [7, 11) is 0. The molecule has 0 fully saturated rings. The summed E-state index contributed by atoms with van der Waals surface area (Å²) >= 11 is 1.56. The molecule has 0 aliphatic heterocycles. The van der Waals surface area contributed by atoms with Crippen LogP contribution in [0.25, 0.3) is 0 Å². The first-order chi connectivity index (χ1) is 8.67. The van der Waals surface area contributed by atoms with Crippen molar-refractivity contribution in [2.45, 2.75) is 46.1 Å². The highest BCUT2D eigenvalue weighted by atomic mass is 32.1. The van der Waals surface area contributed by atoms with Crippen LogP contribution in [0.15, 0.2) is 12.1 Å². The van der Waals surface area contributed by atoms with Crippen molar-refractivity contribution < 1.29 is 9.90 Å². The van der Waals surface area contributed by atoms with E-state index in [4.69, 9.17) is 5.11 Å². The molecule has 1 aromatic heterocycles. The van der Waals surface area contributed by atoms with E-state index < -0.39 is 0 Å². The van der Waals surface area contributed by atoms with Crippen molar-refractivity contribution in [3.63, 3.8) is 0 Å². The van der Waals surface area contributed by atoms with Crippen LogP contribution >= 0.6 is 11.3 Å². The Labute approximate surface area is 113 Å². The van der Waals surface area contributed by atoms with Gasteiger partial charge in [0, 0.05) is 17.5 Å². The predicted molar refractivity (Wildman–Crippen MR) is 76.2 cm³/mol. The van der Waals surface area contributed by atoms with Crippen LogP contribution in [0.1, 0.15) is 48.2 Å². The average molecular weight is 269 g/mol. The van der Waals surface area contributed by atoms with E-state index in [1.54, 1.807) is 11.3 Å². The largest absolute Gasteiger partial charge is 0.395 e. The Morgan fingerprint density at radius 2 is 2.00 bits per heavy atom. The van der Waals surface area contributed by atoms with Crippen LogP contribution in [0.4, 0.5) is 0 Å². The highest BCUT2D eigenvalue weighted by Crippen LogP contribution is 2.21. The van der Waals surface area contributed by atoms with Crippen LogP contribution in [-0.2, 0) is 6.42 Å². The summed E-state index contributed by atoms with van der Waals surface area (Å²) in [5.74, 6) is 0.0578. The van der Waals surface area contributed by atoms with Gasteiger partial charge in [0.05, 0.1) is 11.5 Å². The lowest BCUT2D eigenvalue weighted by Crippen LogP contribution is -2.41. The molecule has 0 bridgehead atoms. The minimum atomic E-state index is 0.0221. The summed E-state index contributed by atoms with van der Waals surface area (Å²) in [6.07, 6.45) is 2.81. The number of nitrogens with zero attached hydrogens (tertiary/aromatic N) is 1. The van der Waals surface area contributed by atoms with Crippen molar-refractivity contribution in [3.8, 4) is 0 Å². The molecule has 1 N–H and O–H groups in total. The fraction of sp³-hybridized carbons (Fsp3) is 0.643. The van der Waals surface area contributed by atoms with Crippen molar-refractivity contribution >= 4 is 17.2 Å². The molecule has 0 spiro atoms. The van der Waals surface area contributed by atoms with E-state index >= 15 is 0 Å². The molecule has 18 heavy (non-hydrogen) atoms. The average Bonchev–Trinajstić information content (AvgIpc) is 2.87.